The zero-order valence-corrected chi connectivity index (χ0v) is 15.0. The third kappa shape index (κ3) is 3.63. The molecule has 2 aromatic carbocycles. The molecule has 0 spiro atoms. The first kappa shape index (κ1) is 17.9. The first-order valence-electron chi connectivity index (χ1n) is 9.00. The molecule has 4 rings (SSSR count). The monoisotopic (exact) mass is 373 g/mol. The molecule has 1 aliphatic carbocycles. The molecule has 3 aromatic rings. The fourth-order valence-electron chi connectivity index (χ4n) is 3.41. The number of aliphatic hydroxyl groups is 1. The van der Waals surface area contributed by atoms with Gasteiger partial charge in [-0.1, -0.05) is 30.3 Å². The van der Waals surface area contributed by atoms with Gasteiger partial charge >= 0.3 is 0 Å². The molecular weight excluding hydrogens is 354 g/mol. The van der Waals surface area contributed by atoms with E-state index in [9.17, 15) is 14.7 Å². The molecule has 0 radical (unpaired) electrons. The number of hydrogen-bond donors (Lipinski definition) is 3. The average Bonchev–Trinajstić information content (AvgIpc) is 3.04. The van der Waals surface area contributed by atoms with Gasteiger partial charge in [-0.05, 0) is 41.5 Å². The summed E-state index contributed by atoms with van der Waals surface area (Å²) in [7, 11) is 0. The van der Waals surface area contributed by atoms with E-state index in [4.69, 9.17) is 0 Å². The summed E-state index contributed by atoms with van der Waals surface area (Å²) in [6, 6.07) is 17.3. The first-order chi connectivity index (χ1) is 13.6. The second-order valence-electron chi connectivity index (χ2n) is 6.70. The van der Waals surface area contributed by atoms with Crippen LogP contribution in [0.25, 0.3) is 0 Å². The minimum Gasteiger partial charge on any atom is -0.390 e. The topological polar surface area (TPSA) is 91.3 Å². The summed E-state index contributed by atoms with van der Waals surface area (Å²) in [5.74, 6) is -0.607. The summed E-state index contributed by atoms with van der Waals surface area (Å²) in [6.07, 6.45) is 2.93. The van der Waals surface area contributed by atoms with Crippen molar-refractivity contribution in [1.29, 1.82) is 0 Å². The molecule has 1 aromatic heterocycles. The molecular formula is C22H19N3O3. The Labute approximate surface area is 162 Å². The predicted octanol–water partition coefficient (Wildman–Crippen LogP) is 2.72. The number of pyridine rings is 1. The number of nitrogens with zero attached hydrogens (tertiary/aromatic N) is 1. The molecule has 140 valence electrons. The normalized spacial score (nSPS) is 17.6. The summed E-state index contributed by atoms with van der Waals surface area (Å²) >= 11 is 0. The zero-order chi connectivity index (χ0) is 19.5. The number of nitrogens with one attached hydrogen (secondary N) is 2. The Bertz CT molecular complexity index is 1020. The van der Waals surface area contributed by atoms with Crippen LogP contribution in [-0.2, 0) is 6.42 Å². The van der Waals surface area contributed by atoms with Gasteiger partial charge in [-0.2, -0.15) is 0 Å². The molecule has 3 N–H and O–H groups in total. The number of carbonyl (C=O) groups excluding carboxylic acids is 2. The van der Waals surface area contributed by atoms with Gasteiger partial charge in [0.1, 0.15) is 0 Å². The van der Waals surface area contributed by atoms with Crippen LogP contribution in [-0.4, -0.2) is 28.0 Å². The second-order valence-corrected chi connectivity index (χ2v) is 6.70. The van der Waals surface area contributed by atoms with Crippen LogP contribution < -0.4 is 10.6 Å². The van der Waals surface area contributed by atoms with E-state index in [0.29, 0.717) is 23.2 Å². The highest BCUT2D eigenvalue weighted by Crippen LogP contribution is 2.31. The number of benzene rings is 2. The predicted molar refractivity (Wildman–Crippen MR) is 105 cm³/mol. The van der Waals surface area contributed by atoms with Crippen molar-refractivity contribution in [2.45, 2.75) is 18.6 Å². The van der Waals surface area contributed by atoms with Crippen molar-refractivity contribution in [3.05, 3.63) is 95.3 Å². The summed E-state index contributed by atoms with van der Waals surface area (Å²) in [4.78, 5) is 28.9. The molecule has 0 aliphatic heterocycles. The van der Waals surface area contributed by atoms with Crippen LogP contribution in [0.4, 0.5) is 5.69 Å². The largest absolute Gasteiger partial charge is 0.390 e. The molecule has 1 aliphatic rings. The molecule has 0 unspecified atom stereocenters. The highest BCUT2D eigenvalue weighted by atomic mass is 16.3. The van der Waals surface area contributed by atoms with Gasteiger partial charge in [-0.15, -0.1) is 0 Å². The zero-order valence-electron chi connectivity index (χ0n) is 15.0. The van der Waals surface area contributed by atoms with E-state index in [1.165, 1.54) is 6.20 Å². The minimum absolute atomic E-state index is 0.300. The number of amides is 2. The molecule has 2 amide bonds. The van der Waals surface area contributed by atoms with E-state index in [1.807, 2.05) is 24.3 Å². The lowest BCUT2D eigenvalue weighted by atomic mass is 10.1. The van der Waals surface area contributed by atoms with Crippen LogP contribution in [0.5, 0.6) is 0 Å². The maximum atomic E-state index is 12.7. The molecule has 0 saturated heterocycles. The van der Waals surface area contributed by atoms with Crippen LogP contribution in [0, 0.1) is 0 Å². The highest BCUT2D eigenvalue weighted by Gasteiger charge is 2.32. The summed E-state index contributed by atoms with van der Waals surface area (Å²) < 4.78 is 0. The van der Waals surface area contributed by atoms with E-state index in [1.54, 1.807) is 42.6 Å². The van der Waals surface area contributed by atoms with Crippen LogP contribution in [0.15, 0.2) is 73.1 Å². The Balaban J connectivity index is 1.48. The van der Waals surface area contributed by atoms with Crippen molar-refractivity contribution >= 4 is 17.5 Å². The Morgan fingerprint density at radius 3 is 2.61 bits per heavy atom. The van der Waals surface area contributed by atoms with Crippen LogP contribution in [0.1, 0.15) is 37.9 Å². The van der Waals surface area contributed by atoms with Crippen molar-refractivity contribution in [2.75, 3.05) is 5.32 Å². The van der Waals surface area contributed by atoms with Gasteiger partial charge in [0.05, 0.1) is 17.7 Å². The van der Waals surface area contributed by atoms with Crippen molar-refractivity contribution in [3.8, 4) is 0 Å². The lowest BCUT2D eigenvalue weighted by Gasteiger charge is -2.18. The van der Waals surface area contributed by atoms with Crippen LogP contribution in [0.2, 0.25) is 0 Å². The molecule has 0 saturated carbocycles. The minimum atomic E-state index is -0.658. The molecule has 2 atom stereocenters. The van der Waals surface area contributed by atoms with Gasteiger partial charge in [-0.3, -0.25) is 14.6 Å². The van der Waals surface area contributed by atoms with E-state index in [0.717, 1.165) is 11.1 Å². The maximum absolute atomic E-state index is 12.7. The molecule has 28 heavy (non-hydrogen) atoms. The maximum Gasteiger partial charge on any atom is 0.257 e. The lowest BCUT2D eigenvalue weighted by Crippen LogP contribution is -2.33. The van der Waals surface area contributed by atoms with E-state index >= 15 is 0 Å². The number of aromatic nitrogens is 1. The van der Waals surface area contributed by atoms with Gasteiger partial charge in [-0.25, -0.2) is 0 Å². The third-order valence-corrected chi connectivity index (χ3v) is 4.80. The summed E-state index contributed by atoms with van der Waals surface area (Å²) in [6.45, 7) is 0. The highest BCUT2D eigenvalue weighted by molar-refractivity contribution is 6.05. The number of aliphatic hydroxyl groups excluding tert-OH is 1. The van der Waals surface area contributed by atoms with Gasteiger partial charge in [0.15, 0.2) is 0 Å². The van der Waals surface area contributed by atoms with Crippen molar-refractivity contribution in [1.82, 2.24) is 10.3 Å². The Kier molecular flexibility index (Phi) is 4.87. The van der Waals surface area contributed by atoms with Gasteiger partial charge in [0.2, 0.25) is 0 Å². The van der Waals surface area contributed by atoms with Crippen molar-refractivity contribution in [2.24, 2.45) is 0 Å². The number of anilines is 1. The molecule has 0 bridgehead atoms. The number of fused-ring (bicyclic) bond motifs is 1. The van der Waals surface area contributed by atoms with E-state index in [-0.39, 0.29) is 11.8 Å². The number of rotatable bonds is 4. The Hall–Kier alpha value is -3.51. The SMILES string of the molecule is O=C(Nc1cccc(C(=O)N[C@H]2c3ccccc3C[C@H]2O)c1)c1cccnc1. The first-order valence-corrected chi connectivity index (χ1v) is 9.00. The third-order valence-electron chi connectivity index (χ3n) is 4.80. The fourth-order valence-corrected chi connectivity index (χ4v) is 3.41. The molecule has 6 nitrogen and oxygen atoms in total. The van der Waals surface area contributed by atoms with Crippen LogP contribution >= 0.6 is 0 Å². The van der Waals surface area contributed by atoms with E-state index < -0.39 is 12.1 Å². The molecule has 6 heteroatoms. The quantitative estimate of drug-likeness (QED) is 0.656. The van der Waals surface area contributed by atoms with E-state index in [2.05, 4.69) is 15.6 Å². The Morgan fingerprint density at radius 1 is 0.964 bits per heavy atom. The fraction of sp³-hybridized carbons (Fsp3) is 0.136. The summed E-state index contributed by atoms with van der Waals surface area (Å²) in [5, 5.41) is 16.0. The van der Waals surface area contributed by atoms with Gasteiger partial charge in [0.25, 0.3) is 11.8 Å². The number of carbonyl (C=O) groups is 2. The van der Waals surface area contributed by atoms with Gasteiger partial charge in [0, 0.05) is 30.1 Å². The lowest BCUT2D eigenvalue weighted by molar-refractivity contribution is 0.0858. The van der Waals surface area contributed by atoms with Gasteiger partial charge < -0.3 is 15.7 Å². The Morgan fingerprint density at radius 2 is 1.79 bits per heavy atom. The molecule has 1 heterocycles. The van der Waals surface area contributed by atoms with Crippen molar-refractivity contribution < 1.29 is 14.7 Å². The standard InChI is InChI=1S/C22H19N3O3/c26-19-12-14-5-1-2-9-18(14)20(19)25-21(27)15-6-3-8-17(11-15)24-22(28)16-7-4-10-23-13-16/h1-11,13,19-20,26H,12H2,(H,24,28)(H,25,27)/t19-,20+/m1/s1. The smallest absolute Gasteiger partial charge is 0.257 e. The number of hydrogen-bond acceptors (Lipinski definition) is 4. The average molecular weight is 373 g/mol. The van der Waals surface area contributed by atoms with Crippen LogP contribution in [0.3, 0.4) is 0 Å². The van der Waals surface area contributed by atoms with Crippen molar-refractivity contribution in [3.63, 3.8) is 0 Å². The summed E-state index contributed by atoms with van der Waals surface area (Å²) in [5.41, 5.74) is 3.32. The second kappa shape index (κ2) is 7.62. The molecule has 0 fully saturated rings.